The van der Waals surface area contributed by atoms with E-state index in [0.29, 0.717) is 17.5 Å². The van der Waals surface area contributed by atoms with Gasteiger partial charge in [0.1, 0.15) is 0 Å². The molecule has 0 aliphatic heterocycles. The Morgan fingerprint density at radius 2 is 0.655 bits per heavy atom. The summed E-state index contributed by atoms with van der Waals surface area (Å²) in [5, 5.41) is 8.18. The lowest BCUT2D eigenvalue weighted by atomic mass is 9.84. The van der Waals surface area contributed by atoms with Gasteiger partial charge >= 0.3 is 0 Å². The second kappa shape index (κ2) is 14.0. The predicted molar refractivity (Wildman–Crippen MR) is 240 cm³/mol. The number of fused-ring (bicyclic) bond motifs is 6. The van der Waals surface area contributed by atoms with Gasteiger partial charge in [-0.3, -0.25) is 0 Å². The zero-order valence-electron chi connectivity index (χ0n) is 31.4. The lowest BCUT2D eigenvalue weighted by Crippen LogP contribution is -2.00. The molecule has 11 rings (SSSR count). The van der Waals surface area contributed by atoms with E-state index in [0.717, 1.165) is 60.8 Å². The number of pyridine rings is 1. The molecule has 4 heteroatoms. The van der Waals surface area contributed by atoms with E-state index in [4.69, 9.17) is 19.9 Å². The van der Waals surface area contributed by atoms with Crippen LogP contribution in [-0.2, 0) is 0 Å². The molecule has 2 heterocycles. The van der Waals surface area contributed by atoms with Crippen LogP contribution < -0.4 is 0 Å². The Bertz CT molecular complexity index is 3250. The lowest BCUT2D eigenvalue weighted by Gasteiger charge is -2.21. The van der Waals surface area contributed by atoms with E-state index in [1.165, 1.54) is 32.7 Å². The largest absolute Gasteiger partial charge is 0.247 e. The minimum atomic E-state index is 0.624. The second-order valence-corrected chi connectivity index (χ2v) is 14.5. The van der Waals surface area contributed by atoms with Crippen LogP contribution in [0.4, 0.5) is 0 Å². The number of hydrogen-bond donors (Lipinski definition) is 0. The van der Waals surface area contributed by atoms with Crippen molar-refractivity contribution < 1.29 is 0 Å². The fraction of sp³-hybridized carbons (Fsp3) is 0. The molecule has 0 radical (unpaired) electrons. The van der Waals surface area contributed by atoms with Crippen LogP contribution >= 0.6 is 0 Å². The average Bonchev–Trinajstić information content (AvgIpc) is 3.31. The number of hydrogen-bond acceptors (Lipinski definition) is 4. The molecule has 58 heavy (non-hydrogen) atoms. The first-order chi connectivity index (χ1) is 28.8. The van der Waals surface area contributed by atoms with Gasteiger partial charge in [-0.2, -0.15) is 0 Å². The van der Waals surface area contributed by atoms with Crippen LogP contribution in [-0.4, -0.2) is 19.9 Å². The van der Waals surface area contributed by atoms with Crippen LogP contribution in [0.25, 0.3) is 111 Å². The van der Waals surface area contributed by atoms with E-state index in [1.54, 1.807) is 0 Å². The maximum atomic E-state index is 5.57. The first-order valence-corrected chi connectivity index (χ1v) is 19.6. The summed E-state index contributed by atoms with van der Waals surface area (Å²) in [5.74, 6) is 1.90. The molecule has 0 saturated heterocycles. The predicted octanol–water partition coefficient (Wildman–Crippen LogP) is 13.9. The fourth-order valence-electron chi connectivity index (χ4n) is 8.46. The monoisotopic (exact) mass is 738 g/mol. The molecule has 2 aromatic heterocycles. The summed E-state index contributed by atoms with van der Waals surface area (Å²) in [7, 11) is 0. The van der Waals surface area contributed by atoms with Gasteiger partial charge < -0.3 is 0 Å². The highest BCUT2D eigenvalue weighted by molar-refractivity contribution is 6.25. The van der Waals surface area contributed by atoms with Gasteiger partial charge in [-0.05, 0) is 49.9 Å². The number of benzene rings is 9. The average molecular weight is 739 g/mol. The standard InChI is InChI=1S/C54H34N4/c1-4-17-35(18-5-1)40-28-16-29-46-49(40)45-27-14-15-30-47(45)55-51(46)50-44-26-13-11-24-42(44)41-23-10-12-25-43(41)48(50)36-31-33-39(34-32-36)54-57-52(37-19-6-2-7-20-37)56-53(58-54)38-21-8-3-9-22-38/h1-34H. The summed E-state index contributed by atoms with van der Waals surface area (Å²) >= 11 is 0. The topological polar surface area (TPSA) is 51.6 Å². The van der Waals surface area contributed by atoms with Crippen LogP contribution in [0, 0.1) is 0 Å². The summed E-state index contributed by atoms with van der Waals surface area (Å²) in [6, 6.07) is 72.3. The van der Waals surface area contributed by atoms with Gasteiger partial charge in [-0.15, -0.1) is 0 Å². The third-order valence-corrected chi connectivity index (χ3v) is 11.1. The quantitative estimate of drug-likeness (QED) is 0.159. The number of aromatic nitrogens is 4. The van der Waals surface area contributed by atoms with E-state index >= 15 is 0 Å². The molecule has 0 unspecified atom stereocenters. The Kier molecular flexibility index (Phi) is 8.11. The molecule has 0 spiro atoms. The normalized spacial score (nSPS) is 11.4. The van der Waals surface area contributed by atoms with Crippen molar-refractivity contribution in [2.75, 3.05) is 0 Å². The highest BCUT2D eigenvalue weighted by Crippen LogP contribution is 2.48. The Hall–Kier alpha value is -7.82. The summed E-state index contributed by atoms with van der Waals surface area (Å²) in [4.78, 5) is 20.5. The first kappa shape index (κ1) is 33.5. The third kappa shape index (κ3) is 5.70. The molecule has 0 bridgehead atoms. The van der Waals surface area contributed by atoms with Gasteiger partial charge in [0.2, 0.25) is 0 Å². The van der Waals surface area contributed by atoms with Crippen molar-refractivity contribution in [1.82, 2.24) is 19.9 Å². The molecule has 0 aliphatic carbocycles. The first-order valence-electron chi connectivity index (χ1n) is 19.6. The van der Waals surface area contributed by atoms with Crippen LogP contribution in [0.2, 0.25) is 0 Å². The molecule has 0 fully saturated rings. The third-order valence-electron chi connectivity index (χ3n) is 11.1. The molecule has 9 aromatic carbocycles. The molecule has 0 atom stereocenters. The molecule has 11 aromatic rings. The molecular formula is C54H34N4. The number of para-hydroxylation sites is 1. The van der Waals surface area contributed by atoms with Crippen molar-refractivity contribution in [3.8, 4) is 67.7 Å². The lowest BCUT2D eigenvalue weighted by molar-refractivity contribution is 1.07. The van der Waals surface area contributed by atoms with E-state index in [2.05, 4.69) is 146 Å². The van der Waals surface area contributed by atoms with Gasteiger partial charge in [-0.1, -0.05) is 200 Å². The zero-order chi connectivity index (χ0) is 38.4. The molecule has 0 saturated carbocycles. The highest BCUT2D eigenvalue weighted by Gasteiger charge is 2.23. The second-order valence-electron chi connectivity index (χ2n) is 14.5. The Morgan fingerprint density at radius 1 is 0.241 bits per heavy atom. The maximum absolute atomic E-state index is 5.57. The summed E-state index contributed by atoms with van der Waals surface area (Å²) in [6.07, 6.45) is 0. The van der Waals surface area contributed by atoms with Gasteiger partial charge in [-0.25, -0.2) is 19.9 Å². The van der Waals surface area contributed by atoms with Gasteiger partial charge in [0.25, 0.3) is 0 Å². The van der Waals surface area contributed by atoms with E-state index in [-0.39, 0.29) is 0 Å². The zero-order valence-corrected chi connectivity index (χ0v) is 31.4. The molecular weight excluding hydrogens is 705 g/mol. The van der Waals surface area contributed by atoms with Gasteiger partial charge in [0, 0.05) is 38.4 Å². The van der Waals surface area contributed by atoms with Crippen LogP contribution in [0.3, 0.4) is 0 Å². The minimum Gasteiger partial charge on any atom is -0.247 e. The van der Waals surface area contributed by atoms with Gasteiger partial charge in [0.15, 0.2) is 17.5 Å². The SMILES string of the molecule is c1ccc(-c2nc(-c3ccccc3)nc(-c3ccc(-c4c(-c5nc6ccccc6c6c(-c7ccccc7)cccc56)c5ccccc5c5ccccc45)cc3)n2)cc1. The van der Waals surface area contributed by atoms with Crippen LogP contribution in [0.1, 0.15) is 0 Å². The van der Waals surface area contributed by atoms with E-state index in [9.17, 15) is 0 Å². The Balaban J connectivity index is 1.17. The molecule has 0 N–H and O–H groups in total. The van der Waals surface area contributed by atoms with Crippen molar-refractivity contribution in [2.45, 2.75) is 0 Å². The van der Waals surface area contributed by atoms with E-state index < -0.39 is 0 Å². The summed E-state index contributed by atoms with van der Waals surface area (Å²) < 4.78 is 0. The smallest absolute Gasteiger partial charge is 0.164 e. The summed E-state index contributed by atoms with van der Waals surface area (Å²) in [6.45, 7) is 0. The number of rotatable bonds is 6. The van der Waals surface area contributed by atoms with E-state index in [1.807, 2.05) is 60.7 Å². The van der Waals surface area contributed by atoms with Crippen molar-refractivity contribution in [2.24, 2.45) is 0 Å². The molecule has 270 valence electrons. The van der Waals surface area contributed by atoms with Gasteiger partial charge in [0.05, 0.1) is 11.2 Å². The molecule has 0 amide bonds. The van der Waals surface area contributed by atoms with Crippen molar-refractivity contribution in [1.29, 1.82) is 0 Å². The van der Waals surface area contributed by atoms with Crippen LogP contribution in [0.15, 0.2) is 206 Å². The Morgan fingerprint density at radius 3 is 1.22 bits per heavy atom. The maximum Gasteiger partial charge on any atom is 0.164 e. The highest BCUT2D eigenvalue weighted by atomic mass is 15.0. The molecule has 4 nitrogen and oxygen atoms in total. The summed E-state index contributed by atoms with van der Waals surface area (Å²) in [5.41, 5.74) is 10.4. The van der Waals surface area contributed by atoms with Crippen LogP contribution in [0.5, 0.6) is 0 Å². The van der Waals surface area contributed by atoms with Crippen molar-refractivity contribution in [3.05, 3.63) is 206 Å². The minimum absolute atomic E-state index is 0.624. The molecule has 0 aliphatic rings. The van der Waals surface area contributed by atoms with Crippen molar-refractivity contribution in [3.63, 3.8) is 0 Å². The Labute approximate surface area is 335 Å². The number of nitrogens with zero attached hydrogens (tertiary/aromatic N) is 4. The fourth-order valence-corrected chi connectivity index (χ4v) is 8.46. The van der Waals surface area contributed by atoms with Crippen molar-refractivity contribution >= 4 is 43.2 Å².